The fourth-order valence-electron chi connectivity index (χ4n) is 2.06. The van der Waals surface area contributed by atoms with E-state index >= 15 is 0 Å². The smallest absolute Gasteiger partial charge is 0.395 e. The topological polar surface area (TPSA) is 61.2 Å². The van der Waals surface area contributed by atoms with Crippen LogP contribution >= 0.6 is 0 Å². The van der Waals surface area contributed by atoms with Crippen LogP contribution in [0.15, 0.2) is 24.5 Å². The van der Waals surface area contributed by atoms with Gasteiger partial charge in [-0.2, -0.15) is 5.10 Å². The van der Waals surface area contributed by atoms with E-state index in [0.717, 1.165) is 18.8 Å². The minimum absolute atomic E-state index is 0.0139. The molecule has 3 rings (SSSR count). The van der Waals surface area contributed by atoms with E-state index in [0.29, 0.717) is 12.2 Å². The van der Waals surface area contributed by atoms with E-state index in [4.69, 9.17) is 0 Å². The maximum atomic E-state index is 12.9. The zero-order valence-corrected chi connectivity index (χ0v) is 11.3. The van der Waals surface area contributed by atoms with Crippen LogP contribution in [0.5, 0.6) is 11.5 Å². The zero-order valence-electron chi connectivity index (χ0n) is 11.3. The van der Waals surface area contributed by atoms with Crippen LogP contribution in [0, 0.1) is 0 Å². The summed E-state index contributed by atoms with van der Waals surface area (Å²) in [6.07, 6.45) is -1.15. The highest BCUT2D eigenvalue weighted by atomic mass is 19.3. The maximum Gasteiger partial charge on any atom is 0.586 e. The molecule has 1 aliphatic heterocycles. The van der Waals surface area contributed by atoms with Crippen LogP contribution in [0.4, 0.5) is 14.5 Å². The van der Waals surface area contributed by atoms with Crippen LogP contribution in [0.1, 0.15) is 19.2 Å². The molecule has 1 aliphatic rings. The lowest BCUT2D eigenvalue weighted by Crippen LogP contribution is -2.25. The first-order chi connectivity index (χ1) is 10.1. The van der Waals surface area contributed by atoms with Crippen molar-refractivity contribution in [2.24, 2.45) is 0 Å². The van der Waals surface area contributed by atoms with Gasteiger partial charge in [0.25, 0.3) is 0 Å². The highest BCUT2D eigenvalue weighted by Gasteiger charge is 2.43. The molecule has 0 radical (unpaired) electrons. The first kappa shape index (κ1) is 13.6. The fraction of sp³-hybridized carbons (Fsp3) is 0.385. The molecule has 1 N–H and O–H groups in total. The summed E-state index contributed by atoms with van der Waals surface area (Å²) in [5, 5.41) is 7.22. The number of nitrogens with one attached hydrogen (secondary N) is 1. The molecule has 0 spiro atoms. The molecule has 112 valence electrons. The number of ether oxygens (including phenoxy) is 2. The number of alkyl halides is 2. The summed E-state index contributed by atoms with van der Waals surface area (Å²) in [5.41, 5.74) is 0.640. The number of halogens is 2. The van der Waals surface area contributed by atoms with Crippen LogP contribution in [-0.2, 0) is 13.1 Å². The van der Waals surface area contributed by atoms with Gasteiger partial charge in [-0.05, 0) is 18.6 Å². The van der Waals surface area contributed by atoms with Crippen molar-refractivity contribution in [1.29, 1.82) is 0 Å². The van der Waals surface area contributed by atoms with Crippen LogP contribution in [-0.4, -0.2) is 21.1 Å². The average Bonchev–Trinajstić information content (AvgIpc) is 2.98. The number of aromatic nitrogens is 3. The largest absolute Gasteiger partial charge is 0.586 e. The average molecular weight is 296 g/mol. The van der Waals surface area contributed by atoms with Crippen LogP contribution in [0.3, 0.4) is 0 Å². The molecule has 0 saturated carbocycles. The summed E-state index contributed by atoms with van der Waals surface area (Å²) < 4.78 is 36.4. The Hall–Kier alpha value is -2.38. The summed E-state index contributed by atoms with van der Waals surface area (Å²) in [5.74, 6) is 0.819. The zero-order chi connectivity index (χ0) is 14.9. The monoisotopic (exact) mass is 296 g/mol. The van der Waals surface area contributed by atoms with Crippen LogP contribution in [0.2, 0.25) is 0 Å². The molecule has 0 amide bonds. The highest BCUT2D eigenvalue weighted by molar-refractivity contribution is 5.55. The summed E-state index contributed by atoms with van der Waals surface area (Å²) in [6, 6.07) is 4.55. The summed E-state index contributed by atoms with van der Waals surface area (Å²) >= 11 is 0. The normalized spacial score (nSPS) is 15.2. The van der Waals surface area contributed by atoms with Crippen molar-refractivity contribution in [2.75, 3.05) is 5.32 Å². The van der Waals surface area contributed by atoms with Gasteiger partial charge in [0.15, 0.2) is 11.5 Å². The molecule has 0 aliphatic carbocycles. The predicted molar refractivity (Wildman–Crippen MR) is 70.3 cm³/mol. The first-order valence-electron chi connectivity index (χ1n) is 6.58. The second-order valence-corrected chi connectivity index (χ2v) is 4.58. The third kappa shape index (κ3) is 2.88. The lowest BCUT2D eigenvalue weighted by Gasteiger charge is -2.08. The van der Waals surface area contributed by atoms with Gasteiger partial charge in [0.05, 0.1) is 6.54 Å². The van der Waals surface area contributed by atoms with Crippen LogP contribution < -0.4 is 14.8 Å². The number of aryl methyl sites for hydroxylation is 1. The molecule has 2 heterocycles. The molecule has 0 atom stereocenters. The second-order valence-electron chi connectivity index (χ2n) is 4.58. The Bertz CT molecular complexity index is 645. The van der Waals surface area contributed by atoms with Gasteiger partial charge in [-0.15, -0.1) is 8.78 Å². The second kappa shape index (κ2) is 5.19. The summed E-state index contributed by atoms with van der Waals surface area (Å²) in [4.78, 5) is 4.16. The number of hydrogen-bond donors (Lipinski definition) is 1. The van der Waals surface area contributed by atoms with Crippen molar-refractivity contribution in [3.05, 3.63) is 30.4 Å². The lowest BCUT2D eigenvalue weighted by molar-refractivity contribution is -0.286. The van der Waals surface area contributed by atoms with Gasteiger partial charge in [0.1, 0.15) is 12.2 Å². The SMILES string of the molecule is CCCn1ncnc1CNc1ccc2c(c1)OC(F)(F)O2. The van der Waals surface area contributed by atoms with Crippen molar-refractivity contribution >= 4 is 5.69 Å². The maximum absolute atomic E-state index is 12.9. The highest BCUT2D eigenvalue weighted by Crippen LogP contribution is 2.42. The van der Waals surface area contributed by atoms with E-state index in [1.54, 1.807) is 10.7 Å². The minimum Gasteiger partial charge on any atom is -0.395 e. The molecule has 0 bridgehead atoms. The standard InChI is InChI=1S/C13H14F2N4O2/c1-2-5-19-12(17-8-18-19)7-16-9-3-4-10-11(6-9)21-13(14,15)20-10/h3-4,6,8,16H,2,5,7H2,1H3. The molecular weight excluding hydrogens is 282 g/mol. The Morgan fingerprint density at radius 1 is 1.29 bits per heavy atom. The minimum atomic E-state index is -3.59. The van der Waals surface area contributed by atoms with E-state index < -0.39 is 6.29 Å². The lowest BCUT2D eigenvalue weighted by atomic mass is 10.3. The van der Waals surface area contributed by atoms with E-state index in [1.165, 1.54) is 18.5 Å². The molecule has 2 aromatic rings. The Morgan fingerprint density at radius 2 is 2.10 bits per heavy atom. The van der Waals surface area contributed by atoms with E-state index in [1.807, 2.05) is 0 Å². The van der Waals surface area contributed by atoms with Gasteiger partial charge in [-0.1, -0.05) is 6.92 Å². The third-order valence-corrected chi connectivity index (χ3v) is 2.98. The number of hydrogen-bond acceptors (Lipinski definition) is 5. The molecule has 0 fully saturated rings. The fourth-order valence-corrected chi connectivity index (χ4v) is 2.06. The van der Waals surface area contributed by atoms with E-state index in [2.05, 4.69) is 31.8 Å². The number of nitrogens with zero attached hydrogens (tertiary/aromatic N) is 3. The summed E-state index contributed by atoms with van der Waals surface area (Å²) in [6.45, 7) is 3.28. The predicted octanol–water partition coefficient (Wildman–Crippen LogP) is 2.62. The number of anilines is 1. The molecule has 0 saturated heterocycles. The van der Waals surface area contributed by atoms with Gasteiger partial charge >= 0.3 is 6.29 Å². The molecular formula is C13H14F2N4O2. The van der Waals surface area contributed by atoms with Crippen molar-refractivity contribution in [3.63, 3.8) is 0 Å². The number of benzene rings is 1. The molecule has 21 heavy (non-hydrogen) atoms. The van der Waals surface area contributed by atoms with Gasteiger partial charge in [-0.25, -0.2) is 9.67 Å². The molecule has 1 aromatic carbocycles. The van der Waals surface area contributed by atoms with Gasteiger partial charge in [0.2, 0.25) is 0 Å². The van der Waals surface area contributed by atoms with E-state index in [9.17, 15) is 8.78 Å². The Morgan fingerprint density at radius 3 is 2.90 bits per heavy atom. The van der Waals surface area contributed by atoms with E-state index in [-0.39, 0.29) is 11.5 Å². The Labute approximate surface area is 119 Å². The third-order valence-electron chi connectivity index (χ3n) is 2.98. The van der Waals surface area contributed by atoms with Crippen LogP contribution in [0.25, 0.3) is 0 Å². The first-order valence-corrected chi connectivity index (χ1v) is 6.58. The van der Waals surface area contributed by atoms with Crippen molar-refractivity contribution in [1.82, 2.24) is 14.8 Å². The van der Waals surface area contributed by atoms with Gasteiger partial charge in [0, 0.05) is 18.3 Å². The quantitative estimate of drug-likeness (QED) is 0.919. The van der Waals surface area contributed by atoms with Crippen molar-refractivity contribution in [3.8, 4) is 11.5 Å². The van der Waals surface area contributed by atoms with Gasteiger partial charge < -0.3 is 14.8 Å². The molecule has 0 unspecified atom stereocenters. The number of fused-ring (bicyclic) bond motifs is 1. The number of rotatable bonds is 5. The molecule has 6 nitrogen and oxygen atoms in total. The molecule has 1 aromatic heterocycles. The Kier molecular flexibility index (Phi) is 3.36. The molecule has 8 heteroatoms. The van der Waals surface area contributed by atoms with Gasteiger partial charge in [-0.3, -0.25) is 0 Å². The Balaban J connectivity index is 1.68. The van der Waals surface area contributed by atoms with Crippen molar-refractivity contribution < 1.29 is 18.3 Å². The summed E-state index contributed by atoms with van der Waals surface area (Å²) in [7, 11) is 0. The van der Waals surface area contributed by atoms with Crippen molar-refractivity contribution in [2.45, 2.75) is 32.7 Å².